The van der Waals surface area contributed by atoms with Gasteiger partial charge >= 0.3 is 0 Å². The second-order valence-corrected chi connectivity index (χ2v) is 10.5. The van der Waals surface area contributed by atoms with E-state index >= 15 is 0 Å². The maximum Gasteiger partial charge on any atom is 0.173 e. The number of carbonyl (C=O) groups is 2. The fourth-order valence-corrected chi connectivity index (χ4v) is 7.49. The molecule has 0 saturated heterocycles. The summed E-state index contributed by atoms with van der Waals surface area (Å²) >= 11 is 0. The Kier molecular flexibility index (Phi) is 4.44. The van der Waals surface area contributed by atoms with Crippen LogP contribution in [0.15, 0.2) is 4.99 Å². The Bertz CT molecular complexity index is 638. The van der Waals surface area contributed by atoms with Crippen molar-refractivity contribution in [2.45, 2.75) is 84.6 Å². The van der Waals surface area contributed by atoms with Crippen LogP contribution in [-0.2, 0) is 9.59 Å². The molecule has 3 saturated carbocycles. The van der Waals surface area contributed by atoms with Crippen LogP contribution in [0.3, 0.4) is 0 Å². The van der Waals surface area contributed by atoms with E-state index in [4.69, 9.17) is 4.99 Å². The molecule has 0 aromatic carbocycles. The number of aliphatic imine (C=N–C) groups is 1. The Hall–Kier alpha value is -0.990. The number of ketones is 2. The highest BCUT2D eigenvalue weighted by Crippen LogP contribution is 2.65. The highest BCUT2D eigenvalue weighted by atomic mass is 16.1. The lowest BCUT2D eigenvalue weighted by Crippen LogP contribution is -2.56. The average Bonchev–Trinajstić information content (AvgIpc) is 2.92. The summed E-state index contributed by atoms with van der Waals surface area (Å²) in [5.41, 5.74) is 0.155. The summed E-state index contributed by atoms with van der Waals surface area (Å²) < 4.78 is 0. The summed E-state index contributed by atoms with van der Waals surface area (Å²) in [6.45, 7) is 9.06. The molecule has 26 heavy (non-hydrogen) atoms. The zero-order valence-corrected chi connectivity index (χ0v) is 17.0. The van der Waals surface area contributed by atoms with Gasteiger partial charge in [0.15, 0.2) is 5.78 Å². The fourth-order valence-electron chi connectivity index (χ4n) is 7.49. The zero-order chi connectivity index (χ0) is 18.7. The number of nitrogens with zero attached hydrogens (tertiary/aromatic N) is 1. The van der Waals surface area contributed by atoms with Crippen LogP contribution in [0.4, 0.5) is 0 Å². The first-order valence-electron chi connectivity index (χ1n) is 10.9. The molecule has 3 aliphatic carbocycles. The van der Waals surface area contributed by atoms with E-state index in [-0.39, 0.29) is 22.7 Å². The molecule has 144 valence electrons. The molecule has 0 N–H and O–H groups in total. The molecule has 0 aromatic heterocycles. The predicted octanol–water partition coefficient (Wildman–Crippen LogP) is 4.87. The predicted molar refractivity (Wildman–Crippen MR) is 104 cm³/mol. The molecular formula is C23H35NO2. The Morgan fingerprint density at radius 3 is 2.65 bits per heavy atom. The molecule has 1 aliphatic heterocycles. The number of hydrogen-bond donors (Lipinski definition) is 0. The summed E-state index contributed by atoms with van der Waals surface area (Å²) in [4.78, 5) is 29.7. The number of fused-ring (bicyclic) bond motifs is 5. The van der Waals surface area contributed by atoms with Gasteiger partial charge in [-0.15, -0.1) is 0 Å². The minimum absolute atomic E-state index is 0.0435. The third kappa shape index (κ3) is 2.64. The molecule has 0 bridgehead atoms. The highest BCUT2D eigenvalue weighted by Gasteiger charge is 2.61. The minimum atomic E-state index is -0.0435. The molecule has 4 rings (SSSR count). The third-order valence-corrected chi connectivity index (χ3v) is 8.80. The van der Waals surface area contributed by atoms with Gasteiger partial charge in [-0.25, -0.2) is 0 Å². The minimum Gasteiger partial charge on any atom is -0.299 e. The first kappa shape index (κ1) is 18.4. The largest absolute Gasteiger partial charge is 0.299 e. The van der Waals surface area contributed by atoms with Crippen molar-refractivity contribution in [3.05, 3.63) is 0 Å². The van der Waals surface area contributed by atoms with Gasteiger partial charge in [0.25, 0.3) is 0 Å². The van der Waals surface area contributed by atoms with Crippen molar-refractivity contribution < 1.29 is 9.59 Å². The van der Waals surface area contributed by atoms with Crippen LogP contribution in [0, 0.1) is 40.9 Å². The van der Waals surface area contributed by atoms with Crippen molar-refractivity contribution >= 4 is 17.8 Å². The molecule has 3 fully saturated rings. The van der Waals surface area contributed by atoms with E-state index in [0.29, 0.717) is 41.8 Å². The van der Waals surface area contributed by atoms with Gasteiger partial charge in [-0.1, -0.05) is 20.8 Å². The number of Topliss-reactive ketones (excluding diaryl/α,β-unsaturated/α-hetero) is 2. The summed E-state index contributed by atoms with van der Waals surface area (Å²) in [5.74, 6) is 3.87. The lowest BCUT2D eigenvalue weighted by atomic mass is 9.48. The fraction of sp³-hybridized carbons (Fsp3) is 0.870. The monoisotopic (exact) mass is 357 g/mol. The van der Waals surface area contributed by atoms with E-state index in [0.717, 1.165) is 19.3 Å². The normalized spacial score (nSPS) is 47.4. The Morgan fingerprint density at radius 2 is 1.92 bits per heavy atom. The molecule has 0 radical (unpaired) electrons. The molecule has 7 atom stereocenters. The van der Waals surface area contributed by atoms with E-state index in [1.54, 1.807) is 6.21 Å². The smallest absolute Gasteiger partial charge is 0.173 e. The molecule has 3 heteroatoms. The second kappa shape index (κ2) is 6.27. The van der Waals surface area contributed by atoms with Crippen molar-refractivity contribution in [2.24, 2.45) is 45.9 Å². The van der Waals surface area contributed by atoms with Gasteiger partial charge in [-0.05, 0) is 80.5 Å². The van der Waals surface area contributed by atoms with E-state index < -0.39 is 0 Å². The van der Waals surface area contributed by atoms with Gasteiger partial charge in [0, 0.05) is 18.8 Å². The molecular weight excluding hydrogens is 322 g/mol. The molecule has 0 amide bonds. The van der Waals surface area contributed by atoms with E-state index in [1.807, 2.05) is 0 Å². The molecule has 0 unspecified atom stereocenters. The molecule has 1 heterocycles. The van der Waals surface area contributed by atoms with Crippen LogP contribution in [0.25, 0.3) is 0 Å². The first-order valence-corrected chi connectivity index (χ1v) is 10.9. The molecule has 0 spiro atoms. The van der Waals surface area contributed by atoms with Crippen LogP contribution in [0.1, 0.15) is 79.1 Å². The summed E-state index contributed by atoms with van der Waals surface area (Å²) in [6, 6.07) is 0. The molecule has 0 aromatic rings. The Labute approximate surface area is 158 Å². The van der Waals surface area contributed by atoms with Gasteiger partial charge < -0.3 is 0 Å². The Balaban J connectivity index is 1.59. The number of rotatable bonds is 3. The van der Waals surface area contributed by atoms with E-state index in [1.165, 1.54) is 25.7 Å². The van der Waals surface area contributed by atoms with Crippen LogP contribution in [0.2, 0.25) is 0 Å². The number of hydrogen-bond acceptors (Lipinski definition) is 3. The van der Waals surface area contributed by atoms with Gasteiger partial charge in [0.1, 0.15) is 5.78 Å². The van der Waals surface area contributed by atoms with Gasteiger partial charge in [0.05, 0.1) is 11.8 Å². The Morgan fingerprint density at radius 1 is 1.15 bits per heavy atom. The van der Waals surface area contributed by atoms with Crippen molar-refractivity contribution in [1.29, 1.82) is 0 Å². The highest BCUT2D eigenvalue weighted by molar-refractivity contribution is 6.28. The van der Waals surface area contributed by atoms with Crippen molar-refractivity contribution in [2.75, 3.05) is 0 Å². The zero-order valence-electron chi connectivity index (χ0n) is 17.0. The molecule has 3 nitrogen and oxygen atoms in total. The van der Waals surface area contributed by atoms with E-state index in [2.05, 4.69) is 27.7 Å². The van der Waals surface area contributed by atoms with Crippen molar-refractivity contribution in [3.8, 4) is 0 Å². The quantitative estimate of drug-likeness (QED) is 0.723. The summed E-state index contributed by atoms with van der Waals surface area (Å²) in [5, 5.41) is 0. The lowest BCUT2D eigenvalue weighted by molar-refractivity contribution is -0.131. The number of carbonyl (C=O) groups excluding carboxylic acids is 2. The van der Waals surface area contributed by atoms with Crippen LogP contribution in [-0.4, -0.2) is 23.3 Å². The second-order valence-electron chi connectivity index (χ2n) is 10.5. The van der Waals surface area contributed by atoms with Gasteiger partial charge in [-0.2, -0.15) is 0 Å². The summed E-state index contributed by atoms with van der Waals surface area (Å²) in [6.07, 6.45) is 10.1. The van der Waals surface area contributed by atoms with Crippen molar-refractivity contribution in [1.82, 2.24) is 0 Å². The maximum atomic E-state index is 12.9. The van der Waals surface area contributed by atoms with Gasteiger partial charge in [-0.3, -0.25) is 14.6 Å². The molecule has 4 aliphatic rings. The van der Waals surface area contributed by atoms with Gasteiger partial charge in [0.2, 0.25) is 0 Å². The topological polar surface area (TPSA) is 46.5 Å². The third-order valence-electron chi connectivity index (χ3n) is 8.80. The van der Waals surface area contributed by atoms with Crippen LogP contribution >= 0.6 is 0 Å². The summed E-state index contributed by atoms with van der Waals surface area (Å²) in [7, 11) is 0. The lowest BCUT2D eigenvalue weighted by Gasteiger charge is -2.58. The van der Waals surface area contributed by atoms with Crippen LogP contribution in [0.5, 0.6) is 0 Å². The maximum absolute atomic E-state index is 12.9. The average molecular weight is 358 g/mol. The first-order chi connectivity index (χ1) is 12.3. The van der Waals surface area contributed by atoms with Crippen molar-refractivity contribution in [3.63, 3.8) is 0 Å². The van der Waals surface area contributed by atoms with Crippen LogP contribution < -0.4 is 0 Å². The van der Waals surface area contributed by atoms with E-state index in [9.17, 15) is 9.59 Å². The standard InChI is InChI=1S/C23H35NO2/c1-14(2)11-21(26)20-8-7-18-17-6-5-15-12-16(25)13-24-23(15,4)19(17)9-10-22(18,20)3/h13-15,17-20H,5-12H2,1-4H3/t15-,17-,18-,19-,20+,22-,23-/m0/s1. The SMILES string of the molecule is CC(C)CC(=O)[C@H]1CC[C@H]2[C@@H]3CC[C@H]4CC(=O)C=N[C@]4(C)[C@H]3CC[C@]12C.